The van der Waals surface area contributed by atoms with E-state index in [0.717, 1.165) is 15.7 Å². The van der Waals surface area contributed by atoms with Crippen LogP contribution in [0.25, 0.3) is 0 Å². The van der Waals surface area contributed by atoms with Gasteiger partial charge in [0.25, 0.3) is 5.56 Å². The molecule has 13 heteroatoms. The molecule has 2 fully saturated rings. The molecule has 1 aromatic heterocycles. The van der Waals surface area contributed by atoms with Gasteiger partial charge >= 0.3 is 17.8 Å². The molecule has 2 saturated heterocycles. The molecule has 1 amide bonds. The third-order valence-electron chi connectivity index (χ3n) is 7.33. The van der Waals surface area contributed by atoms with Gasteiger partial charge in [0.15, 0.2) is 12.0 Å². The number of alkyl carbamates (subject to hydrolysis) is 1. The number of aromatic nitrogens is 2. The van der Waals surface area contributed by atoms with Crippen LogP contribution in [0.4, 0.5) is 4.79 Å². The van der Waals surface area contributed by atoms with Gasteiger partial charge in [0.2, 0.25) is 0 Å². The van der Waals surface area contributed by atoms with Gasteiger partial charge in [-0.2, -0.15) is 0 Å². The number of ether oxygens (including phenoxy) is 5. The van der Waals surface area contributed by atoms with Crippen molar-refractivity contribution in [1.82, 2.24) is 14.5 Å². The van der Waals surface area contributed by atoms with E-state index >= 15 is 0 Å². The SMILES string of the molecule is CC1(C)O[C@@H]2[C@H](O1)[C@@H](CO)O[C@H]2n1ccc(=O)n(CC[C@H](NC(=O)OCc2ccccc2)C(=O)OCc2ccccc2)c1=O. The van der Waals surface area contributed by atoms with Gasteiger partial charge in [-0.3, -0.25) is 13.9 Å². The smallest absolute Gasteiger partial charge is 0.408 e. The van der Waals surface area contributed by atoms with E-state index in [-0.39, 0.29) is 32.8 Å². The van der Waals surface area contributed by atoms with E-state index in [1.54, 1.807) is 62.4 Å². The maximum atomic E-state index is 13.6. The molecule has 0 bridgehead atoms. The number of carbonyl (C=O) groups excluding carboxylic acids is 2. The fourth-order valence-corrected chi connectivity index (χ4v) is 5.20. The van der Waals surface area contributed by atoms with Crippen LogP contribution < -0.4 is 16.6 Å². The minimum absolute atomic E-state index is 0.0255. The minimum atomic E-state index is -1.24. The van der Waals surface area contributed by atoms with E-state index < -0.39 is 59.7 Å². The Bertz CT molecular complexity index is 1560. The molecule has 44 heavy (non-hydrogen) atoms. The molecule has 0 spiro atoms. The van der Waals surface area contributed by atoms with Crippen molar-refractivity contribution >= 4 is 12.1 Å². The molecule has 2 aliphatic heterocycles. The highest BCUT2D eigenvalue weighted by atomic mass is 16.8. The summed E-state index contributed by atoms with van der Waals surface area (Å²) < 4.78 is 30.6. The topological polar surface area (TPSA) is 157 Å². The van der Waals surface area contributed by atoms with E-state index in [1.807, 2.05) is 12.1 Å². The Balaban J connectivity index is 1.32. The number of hydrogen-bond acceptors (Lipinski definition) is 10. The van der Waals surface area contributed by atoms with Gasteiger partial charge in [-0.1, -0.05) is 60.7 Å². The summed E-state index contributed by atoms with van der Waals surface area (Å²) in [4.78, 5) is 52.1. The summed E-state index contributed by atoms with van der Waals surface area (Å²) in [5.74, 6) is -1.72. The van der Waals surface area contributed by atoms with E-state index in [1.165, 1.54) is 16.8 Å². The maximum absolute atomic E-state index is 13.6. The second-order valence-corrected chi connectivity index (χ2v) is 10.9. The maximum Gasteiger partial charge on any atom is 0.408 e. The normalized spacial score (nSPS) is 22.6. The minimum Gasteiger partial charge on any atom is -0.459 e. The van der Waals surface area contributed by atoms with E-state index in [9.17, 15) is 24.3 Å². The molecule has 5 atom stereocenters. The van der Waals surface area contributed by atoms with E-state index in [2.05, 4.69) is 5.32 Å². The van der Waals surface area contributed by atoms with Gasteiger partial charge in [-0.15, -0.1) is 0 Å². The van der Waals surface area contributed by atoms with Crippen LogP contribution in [0.2, 0.25) is 0 Å². The van der Waals surface area contributed by atoms with Gasteiger partial charge in [0, 0.05) is 18.8 Å². The fraction of sp³-hybridized carbons (Fsp3) is 0.419. The van der Waals surface area contributed by atoms with Gasteiger partial charge in [-0.25, -0.2) is 14.4 Å². The van der Waals surface area contributed by atoms with Crippen LogP contribution >= 0.6 is 0 Å². The van der Waals surface area contributed by atoms with Crippen LogP contribution in [-0.4, -0.2) is 63.1 Å². The quantitative estimate of drug-likeness (QED) is 0.308. The number of esters is 1. The van der Waals surface area contributed by atoms with E-state index in [0.29, 0.717) is 0 Å². The summed E-state index contributed by atoms with van der Waals surface area (Å²) >= 11 is 0. The number of amides is 1. The van der Waals surface area contributed by atoms with Crippen molar-refractivity contribution in [2.24, 2.45) is 0 Å². The number of nitrogens with zero attached hydrogens (tertiary/aromatic N) is 2. The van der Waals surface area contributed by atoms with Crippen molar-refractivity contribution in [3.05, 3.63) is 105 Å². The molecular formula is C31H35N3O10. The number of hydrogen-bond donors (Lipinski definition) is 2. The van der Waals surface area contributed by atoms with Crippen molar-refractivity contribution in [2.45, 2.75) is 76.4 Å². The van der Waals surface area contributed by atoms with Crippen molar-refractivity contribution in [3.63, 3.8) is 0 Å². The Morgan fingerprint density at radius 2 is 1.55 bits per heavy atom. The third kappa shape index (κ3) is 7.25. The first-order valence-electron chi connectivity index (χ1n) is 14.3. The van der Waals surface area contributed by atoms with Crippen LogP contribution in [-0.2, 0) is 48.2 Å². The molecule has 2 aliphatic rings. The highest BCUT2D eigenvalue weighted by Crippen LogP contribution is 2.42. The number of rotatable bonds is 11. The van der Waals surface area contributed by atoms with Gasteiger partial charge in [-0.05, 0) is 31.4 Å². The number of aliphatic hydroxyl groups excluding tert-OH is 1. The highest BCUT2D eigenvalue weighted by molar-refractivity contribution is 5.81. The lowest BCUT2D eigenvalue weighted by Crippen LogP contribution is -2.46. The zero-order chi connectivity index (χ0) is 31.3. The van der Waals surface area contributed by atoms with Crippen LogP contribution in [0.1, 0.15) is 37.6 Å². The Kier molecular flexibility index (Phi) is 9.59. The summed E-state index contributed by atoms with van der Waals surface area (Å²) in [6.45, 7) is 2.77. The molecule has 0 unspecified atom stereocenters. The highest BCUT2D eigenvalue weighted by Gasteiger charge is 2.56. The van der Waals surface area contributed by atoms with E-state index in [4.69, 9.17) is 23.7 Å². The molecule has 234 valence electrons. The number of nitrogens with one attached hydrogen (secondary N) is 1. The zero-order valence-electron chi connectivity index (χ0n) is 24.4. The van der Waals surface area contributed by atoms with Crippen molar-refractivity contribution in [1.29, 1.82) is 0 Å². The second kappa shape index (κ2) is 13.6. The molecule has 3 aromatic rings. The predicted molar refractivity (Wildman–Crippen MR) is 154 cm³/mol. The van der Waals surface area contributed by atoms with Crippen LogP contribution in [0.5, 0.6) is 0 Å². The first-order chi connectivity index (χ1) is 21.1. The molecule has 2 aromatic carbocycles. The number of fused-ring (bicyclic) bond motifs is 1. The first kappa shape index (κ1) is 31.1. The summed E-state index contributed by atoms with van der Waals surface area (Å²) in [5.41, 5.74) is 0.149. The fourth-order valence-electron chi connectivity index (χ4n) is 5.20. The monoisotopic (exact) mass is 609 g/mol. The summed E-state index contributed by atoms with van der Waals surface area (Å²) in [7, 11) is 0. The molecule has 0 radical (unpaired) electrons. The lowest BCUT2D eigenvalue weighted by atomic mass is 10.1. The lowest BCUT2D eigenvalue weighted by Gasteiger charge is -2.25. The standard InChI is InChI=1S/C31H35N3O10/c1-31(2)43-25-23(17-35)42-27(26(25)44-31)34-16-14-24(36)33(30(34)39)15-13-22(28(37)40-18-20-9-5-3-6-10-20)32-29(38)41-19-21-11-7-4-8-12-21/h3-12,14,16,22-23,25-27,35H,13,15,17-19H2,1-2H3,(H,32,38)/t22-,23+,25+,26+,27+/m0/s1. The van der Waals surface area contributed by atoms with Crippen molar-refractivity contribution in [2.75, 3.05) is 6.61 Å². The lowest BCUT2D eigenvalue weighted by molar-refractivity contribution is -0.200. The molecule has 0 aliphatic carbocycles. The van der Waals surface area contributed by atoms with Crippen LogP contribution in [0.15, 0.2) is 82.5 Å². The number of carbonyl (C=O) groups is 2. The summed E-state index contributed by atoms with van der Waals surface area (Å²) in [6, 6.07) is 18.0. The van der Waals surface area contributed by atoms with Gasteiger partial charge in [0.1, 0.15) is 37.6 Å². The summed E-state index contributed by atoms with van der Waals surface area (Å²) in [5, 5.41) is 12.3. The van der Waals surface area contributed by atoms with Gasteiger partial charge < -0.3 is 34.1 Å². The van der Waals surface area contributed by atoms with Crippen LogP contribution in [0, 0.1) is 0 Å². The molecule has 2 N–H and O–H groups in total. The first-order valence-corrected chi connectivity index (χ1v) is 14.3. The molecular weight excluding hydrogens is 574 g/mol. The molecule has 13 nitrogen and oxygen atoms in total. The average Bonchev–Trinajstić information content (AvgIpc) is 3.51. The van der Waals surface area contributed by atoms with Crippen molar-refractivity contribution < 1.29 is 38.4 Å². The average molecular weight is 610 g/mol. The number of aliphatic hydroxyl groups is 1. The van der Waals surface area contributed by atoms with Gasteiger partial charge in [0.05, 0.1) is 6.61 Å². The molecule has 3 heterocycles. The Labute approximate surface area is 252 Å². The second-order valence-electron chi connectivity index (χ2n) is 10.9. The molecule has 0 saturated carbocycles. The van der Waals surface area contributed by atoms with Crippen LogP contribution in [0.3, 0.4) is 0 Å². The summed E-state index contributed by atoms with van der Waals surface area (Å²) in [6.07, 6.45) is -2.78. The Morgan fingerprint density at radius 3 is 2.18 bits per heavy atom. The molecule has 5 rings (SSSR count). The zero-order valence-corrected chi connectivity index (χ0v) is 24.4. The Hall–Kier alpha value is -4.30. The third-order valence-corrected chi connectivity index (χ3v) is 7.33. The largest absolute Gasteiger partial charge is 0.459 e. The number of benzene rings is 2. The Morgan fingerprint density at radius 1 is 0.932 bits per heavy atom. The predicted octanol–water partition coefficient (Wildman–Crippen LogP) is 1.85. The van der Waals surface area contributed by atoms with Crippen molar-refractivity contribution in [3.8, 4) is 0 Å².